The molecule has 3 amide bonds. The number of rotatable bonds is 10. The number of aromatic hydroxyl groups is 1. The molecule has 1 aromatic carbocycles. The van der Waals surface area contributed by atoms with E-state index in [1.807, 2.05) is 6.26 Å². The fraction of sp³-hybridized carbons (Fsp3) is 0.615. The summed E-state index contributed by atoms with van der Waals surface area (Å²) in [5.41, 5.74) is -0.00722. The number of carbonyl (C=O) groups excluding carboxylic acids is 3. The molecule has 2 aliphatic rings. The highest BCUT2D eigenvalue weighted by molar-refractivity contribution is 7.98. The van der Waals surface area contributed by atoms with Crippen LogP contribution in [-0.2, 0) is 14.4 Å². The minimum atomic E-state index is -1.11. The van der Waals surface area contributed by atoms with Crippen LogP contribution in [-0.4, -0.2) is 75.0 Å². The van der Waals surface area contributed by atoms with E-state index >= 15 is 0 Å². The number of phenolic OH excluding ortho intramolecular Hbond substituents is 1. The van der Waals surface area contributed by atoms with E-state index in [0.29, 0.717) is 12.2 Å². The van der Waals surface area contributed by atoms with Crippen LogP contribution in [0.2, 0.25) is 5.02 Å². The van der Waals surface area contributed by atoms with Crippen LogP contribution in [0.3, 0.4) is 0 Å². The van der Waals surface area contributed by atoms with Crippen molar-refractivity contribution >= 4 is 47.1 Å². The Labute approximate surface area is 226 Å². The predicted molar refractivity (Wildman–Crippen MR) is 143 cm³/mol. The largest absolute Gasteiger partial charge is 0.507 e. The topological polar surface area (TPSA) is 136 Å². The molecule has 3 rings (SSSR count). The standard InChI is InChI=1S/C26H36ClN3O6S/c1-14(2)22(29-23(32)17-9-8-16(27)13-21(17)31)25(34)30-19-7-5-4-6-15(19)12-20(30)24(33)28-18(26(35)36)10-11-37-3/h8-9,13-15,18-20,22,31H,4-7,10-12H2,1-3H3,(H,28,33)(H,29,32)(H,35,36)/t15-,18-,19-,20-,22-/m0/s1. The second kappa shape index (κ2) is 12.9. The number of carboxylic acid groups (broad SMARTS) is 1. The summed E-state index contributed by atoms with van der Waals surface area (Å²) in [6.07, 6.45) is 6.22. The van der Waals surface area contributed by atoms with Gasteiger partial charge in [-0.2, -0.15) is 11.8 Å². The highest BCUT2D eigenvalue weighted by Gasteiger charge is 2.49. The average molecular weight is 554 g/mol. The Morgan fingerprint density at radius 2 is 1.86 bits per heavy atom. The molecule has 37 heavy (non-hydrogen) atoms. The molecule has 0 spiro atoms. The molecule has 1 heterocycles. The van der Waals surface area contributed by atoms with E-state index < -0.39 is 35.9 Å². The molecule has 1 aromatic rings. The lowest BCUT2D eigenvalue weighted by Gasteiger charge is -2.37. The first-order valence-corrected chi connectivity index (χ1v) is 14.5. The third-order valence-corrected chi connectivity index (χ3v) is 8.17. The molecular formula is C26H36ClN3O6S. The maximum Gasteiger partial charge on any atom is 0.326 e. The zero-order valence-corrected chi connectivity index (χ0v) is 23.0. The van der Waals surface area contributed by atoms with Crippen LogP contribution in [0.5, 0.6) is 5.75 Å². The summed E-state index contributed by atoms with van der Waals surface area (Å²) in [5.74, 6) is -2.44. The normalized spacial score (nSPS) is 22.7. The molecule has 204 valence electrons. The Hall–Kier alpha value is -2.46. The number of phenols is 1. The van der Waals surface area contributed by atoms with E-state index in [2.05, 4.69) is 10.6 Å². The summed E-state index contributed by atoms with van der Waals surface area (Å²) < 4.78 is 0. The highest BCUT2D eigenvalue weighted by Crippen LogP contribution is 2.40. The Kier molecular flexibility index (Phi) is 10.1. The maximum absolute atomic E-state index is 14.0. The maximum atomic E-state index is 14.0. The third-order valence-electron chi connectivity index (χ3n) is 7.29. The molecule has 1 aliphatic carbocycles. The van der Waals surface area contributed by atoms with Gasteiger partial charge in [-0.1, -0.05) is 38.3 Å². The fourth-order valence-electron chi connectivity index (χ4n) is 5.36. The monoisotopic (exact) mass is 553 g/mol. The number of likely N-dealkylation sites (tertiary alicyclic amines) is 1. The van der Waals surface area contributed by atoms with Gasteiger partial charge in [0.05, 0.1) is 5.56 Å². The summed E-state index contributed by atoms with van der Waals surface area (Å²) in [6, 6.07) is 1.20. The first-order chi connectivity index (χ1) is 17.5. The van der Waals surface area contributed by atoms with Crippen molar-refractivity contribution in [1.29, 1.82) is 0 Å². The van der Waals surface area contributed by atoms with Crippen molar-refractivity contribution in [3.8, 4) is 5.75 Å². The van der Waals surface area contributed by atoms with Gasteiger partial charge in [-0.3, -0.25) is 14.4 Å². The Balaban J connectivity index is 1.85. The van der Waals surface area contributed by atoms with Gasteiger partial charge in [0.2, 0.25) is 11.8 Å². The molecule has 1 aliphatic heterocycles. The summed E-state index contributed by atoms with van der Waals surface area (Å²) >= 11 is 7.38. The number of halogens is 1. The van der Waals surface area contributed by atoms with E-state index in [0.717, 1.165) is 25.7 Å². The van der Waals surface area contributed by atoms with Gasteiger partial charge in [0.25, 0.3) is 5.91 Å². The lowest BCUT2D eigenvalue weighted by molar-refractivity contribution is -0.145. The Bertz CT molecular complexity index is 1020. The lowest BCUT2D eigenvalue weighted by atomic mass is 9.84. The number of thioether (sulfide) groups is 1. The third kappa shape index (κ3) is 6.90. The number of fused-ring (bicyclic) bond motifs is 1. The number of aliphatic carboxylic acids is 1. The van der Waals surface area contributed by atoms with Gasteiger partial charge in [0.15, 0.2) is 0 Å². The summed E-state index contributed by atoms with van der Waals surface area (Å²) in [4.78, 5) is 53.7. The first-order valence-electron chi connectivity index (χ1n) is 12.7. The second-order valence-electron chi connectivity index (χ2n) is 10.1. The molecule has 9 nitrogen and oxygen atoms in total. The van der Waals surface area contributed by atoms with Crippen LogP contribution in [0.15, 0.2) is 18.2 Å². The van der Waals surface area contributed by atoms with Crippen LogP contribution >= 0.6 is 23.4 Å². The molecule has 4 N–H and O–H groups in total. The highest BCUT2D eigenvalue weighted by atomic mass is 35.5. The van der Waals surface area contributed by atoms with Crippen molar-refractivity contribution in [1.82, 2.24) is 15.5 Å². The van der Waals surface area contributed by atoms with Gasteiger partial charge in [0, 0.05) is 11.1 Å². The zero-order chi connectivity index (χ0) is 27.3. The van der Waals surface area contributed by atoms with E-state index in [4.69, 9.17) is 11.6 Å². The number of benzene rings is 1. The number of hydrogen-bond acceptors (Lipinski definition) is 6. The van der Waals surface area contributed by atoms with Crippen molar-refractivity contribution in [2.75, 3.05) is 12.0 Å². The SMILES string of the molecule is CSCC[C@H](NC(=O)[C@@H]1C[C@@H]2CCCC[C@@H]2N1C(=O)[C@@H](NC(=O)c1ccc(Cl)cc1O)C(C)C)C(=O)O. The number of carboxylic acids is 1. The number of amides is 3. The van der Waals surface area contributed by atoms with Crippen molar-refractivity contribution in [3.63, 3.8) is 0 Å². The van der Waals surface area contributed by atoms with Crippen molar-refractivity contribution in [3.05, 3.63) is 28.8 Å². The second-order valence-corrected chi connectivity index (χ2v) is 11.6. The number of carbonyl (C=O) groups is 4. The van der Waals surface area contributed by atoms with Gasteiger partial charge in [0.1, 0.15) is 23.9 Å². The summed E-state index contributed by atoms with van der Waals surface area (Å²) in [5, 5.41) is 25.5. The Morgan fingerprint density at radius 1 is 1.16 bits per heavy atom. The van der Waals surface area contributed by atoms with Gasteiger partial charge in [-0.15, -0.1) is 0 Å². The van der Waals surface area contributed by atoms with Crippen LogP contribution < -0.4 is 10.6 Å². The fourth-order valence-corrected chi connectivity index (χ4v) is 6.00. The minimum absolute atomic E-state index is 0.00722. The number of hydrogen-bond donors (Lipinski definition) is 4. The lowest BCUT2D eigenvalue weighted by Crippen LogP contribution is -2.58. The molecule has 1 saturated carbocycles. The molecular weight excluding hydrogens is 518 g/mol. The zero-order valence-electron chi connectivity index (χ0n) is 21.4. The molecule has 0 unspecified atom stereocenters. The van der Waals surface area contributed by atoms with Crippen LogP contribution in [0.1, 0.15) is 62.7 Å². The van der Waals surface area contributed by atoms with E-state index in [-0.39, 0.29) is 46.5 Å². The smallest absolute Gasteiger partial charge is 0.326 e. The number of nitrogens with zero attached hydrogens (tertiary/aromatic N) is 1. The van der Waals surface area contributed by atoms with Crippen LogP contribution in [0, 0.1) is 11.8 Å². The van der Waals surface area contributed by atoms with E-state index in [9.17, 15) is 29.4 Å². The molecule has 1 saturated heterocycles. The molecule has 0 radical (unpaired) electrons. The van der Waals surface area contributed by atoms with E-state index in [1.165, 1.54) is 30.0 Å². The minimum Gasteiger partial charge on any atom is -0.507 e. The van der Waals surface area contributed by atoms with Crippen LogP contribution in [0.4, 0.5) is 0 Å². The average Bonchev–Trinajstić information content (AvgIpc) is 3.24. The number of nitrogens with one attached hydrogen (secondary N) is 2. The predicted octanol–water partition coefficient (Wildman–Crippen LogP) is 3.28. The first kappa shape index (κ1) is 29.1. The van der Waals surface area contributed by atoms with Crippen LogP contribution in [0.25, 0.3) is 0 Å². The quantitative estimate of drug-likeness (QED) is 0.349. The summed E-state index contributed by atoms with van der Waals surface area (Å²) in [6.45, 7) is 3.61. The summed E-state index contributed by atoms with van der Waals surface area (Å²) in [7, 11) is 0. The van der Waals surface area contributed by atoms with Gasteiger partial charge in [-0.25, -0.2) is 4.79 Å². The van der Waals surface area contributed by atoms with E-state index in [1.54, 1.807) is 18.7 Å². The van der Waals surface area contributed by atoms with Crippen molar-refractivity contribution in [2.45, 2.75) is 76.5 Å². The molecule has 5 atom stereocenters. The van der Waals surface area contributed by atoms with Gasteiger partial charge >= 0.3 is 5.97 Å². The Morgan fingerprint density at radius 3 is 2.49 bits per heavy atom. The molecule has 11 heteroatoms. The van der Waals surface area contributed by atoms with Crippen molar-refractivity contribution < 1.29 is 29.4 Å². The van der Waals surface area contributed by atoms with Gasteiger partial charge in [-0.05, 0) is 67.7 Å². The molecule has 0 aromatic heterocycles. The van der Waals surface area contributed by atoms with Gasteiger partial charge < -0.3 is 25.7 Å². The van der Waals surface area contributed by atoms with Crippen molar-refractivity contribution in [2.24, 2.45) is 11.8 Å². The molecule has 2 fully saturated rings. The molecule has 0 bridgehead atoms.